The van der Waals surface area contributed by atoms with Crippen molar-refractivity contribution in [1.29, 1.82) is 0 Å². The number of piperazine rings is 1. The van der Waals surface area contributed by atoms with Gasteiger partial charge in [0.2, 0.25) is 0 Å². The van der Waals surface area contributed by atoms with Gasteiger partial charge in [-0.15, -0.1) is 0 Å². The molecule has 3 nitrogen and oxygen atoms in total. The molecule has 0 saturated carbocycles. The summed E-state index contributed by atoms with van der Waals surface area (Å²) >= 11 is 3.73. The molecule has 0 amide bonds. The monoisotopic (exact) mass is 337 g/mol. The van der Waals surface area contributed by atoms with Crippen molar-refractivity contribution in [2.45, 2.75) is 38.3 Å². The van der Waals surface area contributed by atoms with Crippen LogP contribution in [-0.2, 0) is 0 Å². The molecule has 2 aliphatic heterocycles. The predicted octanol–water partition coefficient (Wildman–Crippen LogP) is 3.14. The topological polar surface area (TPSA) is 32.5 Å². The first-order valence-electron chi connectivity index (χ1n) is 7.69. The molecule has 0 aliphatic carbocycles. The molecule has 0 spiro atoms. The zero-order chi connectivity index (χ0) is 14.1. The standard InChI is InChI=1S/C16H24BrN3/c1-12(18)13-5-6-16(15(17)10-13)20-9-8-19-7-3-2-4-14(19)11-20/h5-6,10,12,14H,2-4,7-9,11,18H2,1H3/t12-,14?/m1/s1. The van der Waals surface area contributed by atoms with Crippen molar-refractivity contribution in [2.24, 2.45) is 5.73 Å². The number of halogens is 1. The van der Waals surface area contributed by atoms with E-state index in [0.717, 1.165) is 19.1 Å². The molecule has 2 atom stereocenters. The Bertz CT molecular complexity index is 475. The highest BCUT2D eigenvalue weighted by Gasteiger charge is 2.29. The fourth-order valence-electron chi connectivity index (χ4n) is 3.44. The van der Waals surface area contributed by atoms with Gasteiger partial charge in [-0.1, -0.05) is 12.5 Å². The van der Waals surface area contributed by atoms with Crippen molar-refractivity contribution in [2.75, 3.05) is 31.1 Å². The summed E-state index contributed by atoms with van der Waals surface area (Å²) in [5, 5.41) is 0. The molecule has 0 aromatic heterocycles. The summed E-state index contributed by atoms with van der Waals surface area (Å²) in [6.07, 6.45) is 4.12. The minimum Gasteiger partial charge on any atom is -0.368 e. The highest BCUT2D eigenvalue weighted by Crippen LogP contribution is 2.32. The molecule has 2 aliphatic rings. The second-order valence-corrected chi connectivity index (χ2v) is 6.99. The summed E-state index contributed by atoms with van der Waals surface area (Å²) in [7, 11) is 0. The van der Waals surface area contributed by atoms with Crippen LogP contribution in [-0.4, -0.2) is 37.1 Å². The molecule has 1 aromatic carbocycles. The van der Waals surface area contributed by atoms with Crippen molar-refractivity contribution < 1.29 is 0 Å². The first-order valence-corrected chi connectivity index (χ1v) is 8.48. The van der Waals surface area contributed by atoms with Crippen LogP contribution in [0.15, 0.2) is 22.7 Å². The summed E-state index contributed by atoms with van der Waals surface area (Å²) in [6, 6.07) is 7.40. The molecule has 1 unspecified atom stereocenters. The Hall–Kier alpha value is -0.580. The van der Waals surface area contributed by atoms with E-state index >= 15 is 0 Å². The van der Waals surface area contributed by atoms with Crippen molar-refractivity contribution >= 4 is 21.6 Å². The Morgan fingerprint density at radius 2 is 2.10 bits per heavy atom. The molecule has 3 rings (SSSR count). The van der Waals surface area contributed by atoms with Gasteiger partial charge in [0.1, 0.15) is 0 Å². The SMILES string of the molecule is C[C@@H](N)c1ccc(N2CCN3CCCCC3C2)c(Br)c1. The lowest BCUT2D eigenvalue weighted by Crippen LogP contribution is -2.55. The molecular formula is C16H24BrN3. The van der Waals surface area contributed by atoms with E-state index in [-0.39, 0.29) is 6.04 Å². The average molecular weight is 338 g/mol. The van der Waals surface area contributed by atoms with Crippen LogP contribution in [0.2, 0.25) is 0 Å². The zero-order valence-electron chi connectivity index (χ0n) is 12.2. The summed E-state index contributed by atoms with van der Waals surface area (Å²) < 4.78 is 1.18. The van der Waals surface area contributed by atoms with E-state index in [4.69, 9.17) is 5.73 Å². The molecule has 1 aromatic rings. The number of hydrogen-bond donors (Lipinski definition) is 1. The third-order valence-electron chi connectivity index (χ3n) is 4.68. The highest BCUT2D eigenvalue weighted by atomic mass is 79.9. The molecule has 0 bridgehead atoms. The van der Waals surface area contributed by atoms with E-state index in [1.165, 1.54) is 48.1 Å². The van der Waals surface area contributed by atoms with Crippen LogP contribution in [0.3, 0.4) is 0 Å². The van der Waals surface area contributed by atoms with Gasteiger partial charge in [0.15, 0.2) is 0 Å². The van der Waals surface area contributed by atoms with Crippen LogP contribution in [0.25, 0.3) is 0 Å². The molecule has 110 valence electrons. The molecule has 2 heterocycles. The van der Waals surface area contributed by atoms with Crippen LogP contribution in [0.4, 0.5) is 5.69 Å². The Morgan fingerprint density at radius 1 is 1.25 bits per heavy atom. The van der Waals surface area contributed by atoms with Gasteiger partial charge in [-0.3, -0.25) is 4.90 Å². The number of nitrogens with two attached hydrogens (primary N) is 1. The molecular weight excluding hydrogens is 314 g/mol. The lowest BCUT2D eigenvalue weighted by Gasteiger charge is -2.45. The molecule has 2 saturated heterocycles. The van der Waals surface area contributed by atoms with Gasteiger partial charge in [0.25, 0.3) is 0 Å². The fraction of sp³-hybridized carbons (Fsp3) is 0.625. The maximum atomic E-state index is 5.96. The number of piperidine rings is 1. The molecule has 2 fully saturated rings. The Labute approximate surface area is 130 Å². The molecule has 0 radical (unpaired) electrons. The number of hydrogen-bond acceptors (Lipinski definition) is 3. The second-order valence-electron chi connectivity index (χ2n) is 6.13. The van der Waals surface area contributed by atoms with Crippen LogP contribution in [0.5, 0.6) is 0 Å². The normalized spacial score (nSPS) is 25.4. The van der Waals surface area contributed by atoms with Gasteiger partial charge < -0.3 is 10.6 Å². The lowest BCUT2D eigenvalue weighted by atomic mass is 9.99. The Balaban J connectivity index is 1.76. The van der Waals surface area contributed by atoms with Crippen LogP contribution < -0.4 is 10.6 Å². The molecule has 4 heteroatoms. The van der Waals surface area contributed by atoms with Gasteiger partial charge in [0, 0.05) is 36.2 Å². The first kappa shape index (κ1) is 14.4. The number of fused-ring (bicyclic) bond motifs is 1. The largest absolute Gasteiger partial charge is 0.368 e. The van der Waals surface area contributed by atoms with E-state index in [0.29, 0.717) is 0 Å². The predicted molar refractivity (Wildman–Crippen MR) is 88.2 cm³/mol. The highest BCUT2D eigenvalue weighted by molar-refractivity contribution is 9.10. The van der Waals surface area contributed by atoms with Crippen LogP contribution in [0.1, 0.15) is 37.8 Å². The summed E-state index contributed by atoms with van der Waals surface area (Å²) in [6.45, 7) is 6.82. The smallest absolute Gasteiger partial charge is 0.0511 e. The van der Waals surface area contributed by atoms with Gasteiger partial charge in [-0.05, 0) is 59.9 Å². The second kappa shape index (κ2) is 6.04. The van der Waals surface area contributed by atoms with E-state index in [1.807, 2.05) is 6.92 Å². The zero-order valence-corrected chi connectivity index (χ0v) is 13.8. The Kier molecular flexibility index (Phi) is 4.34. The van der Waals surface area contributed by atoms with Crippen molar-refractivity contribution in [3.05, 3.63) is 28.2 Å². The number of rotatable bonds is 2. The van der Waals surface area contributed by atoms with Crippen LogP contribution >= 0.6 is 15.9 Å². The molecule has 2 N–H and O–H groups in total. The van der Waals surface area contributed by atoms with Gasteiger partial charge >= 0.3 is 0 Å². The number of nitrogens with zero attached hydrogens (tertiary/aromatic N) is 2. The Morgan fingerprint density at radius 3 is 2.85 bits per heavy atom. The van der Waals surface area contributed by atoms with Gasteiger partial charge in [-0.2, -0.15) is 0 Å². The average Bonchev–Trinajstić information content (AvgIpc) is 2.46. The first-order chi connectivity index (χ1) is 9.65. The summed E-state index contributed by atoms with van der Waals surface area (Å²) in [4.78, 5) is 5.20. The van der Waals surface area contributed by atoms with E-state index < -0.39 is 0 Å². The number of anilines is 1. The van der Waals surface area contributed by atoms with Gasteiger partial charge in [0.05, 0.1) is 5.69 Å². The van der Waals surface area contributed by atoms with Crippen molar-refractivity contribution in [1.82, 2.24) is 4.90 Å². The minimum atomic E-state index is 0.0931. The third-order valence-corrected chi connectivity index (χ3v) is 5.31. The van der Waals surface area contributed by atoms with Crippen molar-refractivity contribution in [3.8, 4) is 0 Å². The minimum absolute atomic E-state index is 0.0931. The molecule has 20 heavy (non-hydrogen) atoms. The fourth-order valence-corrected chi connectivity index (χ4v) is 4.08. The maximum absolute atomic E-state index is 5.96. The van der Waals surface area contributed by atoms with E-state index in [2.05, 4.69) is 43.9 Å². The van der Waals surface area contributed by atoms with Gasteiger partial charge in [-0.25, -0.2) is 0 Å². The summed E-state index contributed by atoms with van der Waals surface area (Å²) in [5.41, 5.74) is 8.47. The van der Waals surface area contributed by atoms with E-state index in [1.54, 1.807) is 0 Å². The van der Waals surface area contributed by atoms with E-state index in [9.17, 15) is 0 Å². The quantitative estimate of drug-likeness (QED) is 0.899. The maximum Gasteiger partial charge on any atom is 0.0511 e. The lowest BCUT2D eigenvalue weighted by molar-refractivity contribution is 0.133. The number of benzene rings is 1. The van der Waals surface area contributed by atoms with Crippen molar-refractivity contribution in [3.63, 3.8) is 0 Å². The third kappa shape index (κ3) is 2.87. The summed E-state index contributed by atoms with van der Waals surface area (Å²) in [5.74, 6) is 0. The van der Waals surface area contributed by atoms with Crippen LogP contribution in [0, 0.1) is 0 Å².